The van der Waals surface area contributed by atoms with E-state index < -0.39 is 15.6 Å². The topological polar surface area (TPSA) is 103 Å². The molecule has 1 heterocycles. The fourth-order valence-corrected chi connectivity index (χ4v) is 2.05. The van der Waals surface area contributed by atoms with E-state index in [4.69, 9.17) is 14.6 Å². The van der Waals surface area contributed by atoms with Crippen LogP contribution in [0.4, 0.5) is 0 Å². The molecule has 0 bridgehead atoms. The molecular formula is C11H20N2O5S. The fourth-order valence-electron chi connectivity index (χ4n) is 1.23. The van der Waals surface area contributed by atoms with E-state index in [0.29, 0.717) is 5.76 Å². The van der Waals surface area contributed by atoms with E-state index in [-0.39, 0.29) is 24.9 Å². The van der Waals surface area contributed by atoms with Gasteiger partial charge in [-0.25, -0.2) is 12.7 Å². The van der Waals surface area contributed by atoms with Crippen LogP contribution in [0.3, 0.4) is 0 Å². The summed E-state index contributed by atoms with van der Waals surface area (Å²) < 4.78 is 29.9. The van der Waals surface area contributed by atoms with Gasteiger partial charge in [-0.15, -0.1) is 0 Å². The molecule has 1 aromatic heterocycles. The number of aliphatic hydroxyl groups excluding tert-OH is 2. The van der Waals surface area contributed by atoms with Gasteiger partial charge in [0, 0.05) is 14.1 Å². The molecule has 110 valence electrons. The Hall–Kier alpha value is -0.930. The molecule has 1 rings (SSSR count). The number of hydrogen-bond acceptors (Lipinski definition) is 6. The molecular weight excluding hydrogens is 272 g/mol. The molecule has 0 aromatic carbocycles. The summed E-state index contributed by atoms with van der Waals surface area (Å²) in [5.41, 5.74) is -0.840. The van der Waals surface area contributed by atoms with E-state index in [9.17, 15) is 8.42 Å². The highest BCUT2D eigenvalue weighted by Gasteiger charge is 2.24. The third-order valence-corrected chi connectivity index (χ3v) is 4.45. The normalized spacial score (nSPS) is 13.2. The summed E-state index contributed by atoms with van der Waals surface area (Å²) in [7, 11) is -0.739. The van der Waals surface area contributed by atoms with Crippen LogP contribution in [-0.2, 0) is 16.6 Å². The van der Waals surface area contributed by atoms with E-state index in [2.05, 4.69) is 5.32 Å². The van der Waals surface area contributed by atoms with Crippen LogP contribution in [0.25, 0.3) is 0 Å². The van der Waals surface area contributed by atoms with Crippen molar-refractivity contribution in [2.75, 3.05) is 27.3 Å². The maximum atomic E-state index is 11.8. The van der Waals surface area contributed by atoms with Crippen LogP contribution in [0, 0.1) is 0 Å². The smallest absolute Gasteiger partial charge is 0.275 e. The molecule has 3 N–H and O–H groups in total. The van der Waals surface area contributed by atoms with Crippen LogP contribution < -0.4 is 5.32 Å². The zero-order valence-electron chi connectivity index (χ0n) is 11.3. The monoisotopic (exact) mass is 292 g/mol. The number of furan rings is 1. The first-order chi connectivity index (χ1) is 8.75. The van der Waals surface area contributed by atoms with Gasteiger partial charge in [-0.3, -0.25) is 0 Å². The predicted molar refractivity (Wildman–Crippen MR) is 69.0 cm³/mol. The zero-order valence-corrected chi connectivity index (χ0v) is 12.1. The van der Waals surface area contributed by atoms with Gasteiger partial charge in [-0.1, -0.05) is 0 Å². The van der Waals surface area contributed by atoms with Crippen LogP contribution in [0.5, 0.6) is 0 Å². The third kappa shape index (κ3) is 3.77. The number of rotatable bonds is 7. The molecule has 0 unspecified atom stereocenters. The zero-order chi connectivity index (χ0) is 14.7. The Morgan fingerprint density at radius 2 is 1.89 bits per heavy atom. The van der Waals surface area contributed by atoms with Crippen molar-refractivity contribution in [2.24, 2.45) is 0 Å². The Labute approximate surface area is 112 Å². The molecule has 0 saturated heterocycles. The molecule has 0 radical (unpaired) electrons. The van der Waals surface area contributed by atoms with Crippen LogP contribution in [0.1, 0.15) is 12.7 Å². The molecule has 0 aliphatic carbocycles. The number of aliphatic hydroxyl groups is 2. The summed E-state index contributed by atoms with van der Waals surface area (Å²) in [4.78, 5) is 0. The molecule has 0 spiro atoms. The van der Waals surface area contributed by atoms with Gasteiger partial charge in [0.1, 0.15) is 5.76 Å². The molecule has 0 aliphatic rings. The molecule has 0 amide bonds. The molecule has 1 aromatic rings. The quantitative estimate of drug-likeness (QED) is 0.618. The van der Waals surface area contributed by atoms with E-state index in [0.717, 1.165) is 4.31 Å². The Morgan fingerprint density at radius 1 is 1.32 bits per heavy atom. The molecule has 0 saturated carbocycles. The molecule has 0 fully saturated rings. The van der Waals surface area contributed by atoms with Crippen molar-refractivity contribution in [1.82, 2.24) is 9.62 Å². The second-order valence-corrected chi connectivity index (χ2v) is 6.82. The Morgan fingerprint density at radius 3 is 2.37 bits per heavy atom. The van der Waals surface area contributed by atoms with Gasteiger partial charge < -0.3 is 19.9 Å². The predicted octanol–water partition coefficient (Wildman–Crippen LogP) is -0.637. The van der Waals surface area contributed by atoms with Crippen LogP contribution in [0.2, 0.25) is 0 Å². The lowest BCUT2D eigenvalue weighted by molar-refractivity contribution is 0.101. The van der Waals surface area contributed by atoms with Gasteiger partial charge in [0.2, 0.25) is 5.09 Å². The van der Waals surface area contributed by atoms with Crippen molar-refractivity contribution in [2.45, 2.75) is 24.1 Å². The molecule has 8 heteroatoms. The average Bonchev–Trinajstić information content (AvgIpc) is 2.85. The lowest BCUT2D eigenvalue weighted by Crippen LogP contribution is -2.48. The van der Waals surface area contributed by atoms with Crippen molar-refractivity contribution >= 4 is 10.0 Å². The maximum absolute atomic E-state index is 11.8. The third-order valence-electron chi connectivity index (χ3n) is 2.76. The van der Waals surface area contributed by atoms with Gasteiger partial charge >= 0.3 is 0 Å². The summed E-state index contributed by atoms with van der Waals surface area (Å²) in [5.74, 6) is 0.411. The number of nitrogens with zero attached hydrogens (tertiary/aromatic N) is 1. The van der Waals surface area contributed by atoms with Crippen molar-refractivity contribution < 1.29 is 23.0 Å². The highest BCUT2D eigenvalue weighted by Crippen LogP contribution is 2.17. The van der Waals surface area contributed by atoms with Gasteiger partial charge in [0.05, 0.1) is 25.3 Å². The minimum absolute atomic E-state index is 0.135. The van der Waals surface area contributed by atoms with Gasteiger partial charge in [0.15, 0.2) is 0 Å². The Balaban J connectivity index is 2.77. The highest BCUT2D eigenvalue weighted by atomic mass is 32.2. The van der Waals surface area contributed by atoms with Crippen LogP contribution >= 0.6 is 0 Å². The Kier molecular flexibility index (Phi) is 5.11. The minimum atomic E-state index is -3.58. The Bertz CT molecular complexity index is 505. The first-order valence-corrected chi connectivity index (χ1v) is 7.17. The average molecular weight is 292 g/mol. The molecule has 19 heavy (non-hydrogen) atoms. The van der Waals surface area contributed by atoms with Crippen LogP contribution in [0.15, 0.2) is 21.6 Å². The minimum Gasteiger partial charge on any atom is -0.447 e. The van der Waals surface area contributed by atoms with Crippen molar-refractivity contribution in [3.8, 4) is 0 Å². The number of nitrogens with one attached hydrogen (secondary N) is 1. The first-order valence-electron chi connectivity index (χ1n) is 5.73. The van der Waals surface area contributed by atoms with Gasteiger partial charge in [-0.05, 0) is 19.1 Å². The lowest BCUT2D eigenvalue weighted by atomic mass is 10.1. The second-order valence-electron chi connectivity index (χ2n) is 4.74. The van der Waals surface area contributed by atoms with Gasteiger partial charge in [0.25, 0.3) is 10.0 Å². The molecule has 7 nitrogen and oxygen atoms in total. The van der Waals surface area contributed by atoms with Crippen LogP contribution in [-0.4, -0.2) is 55.8 Å². The van der Waals surface area contributed by atoms with Crippen molar-refractivity contribution in [3.05, 3.63) is 17.9 Å². The fraction of sp³-hybridized carbons (Fsp3) is 0.636. The molecule has 0 aliphatic heterocycles. The first kappa shape index (κ1) is 16.1. The molecule has 0 atom stereocenters. The summed E-state index contributed by atoms with van der Waals surface area (Å²) in [5, 5.41) is 21.0. The number of sulfonamides is 1. The summed E-state index contributed by atoms with van der Waals surface area (Å²) >= 11 is 0. The lowest BCUT2D eigenvalue weighted by Gasteiger charge is -2.25. The second kappa shape index (κ2) is 6.02. The van der Waals surface area contributed by atoms with E-state index in [1.54, 1.807) is 13.0 Å². The maximum Gasteiger partial charge on any atom is 0.275 e. The van der Waals surface area contributed by atoms with E-state index in [1.165, 1.54) is 20.2 Å². The largest absolute Gasteiger partial charge is 0.447 e. The standard InChI is InChI=1S/C11H20N2O5S/c1-11(7-14,8-15)12-6-9-4-5-10(18-9)19(16,17)13(2)3/h4-5,12,14-15H,6-8H2,1-3H3. The van der Waals surface area contributed by atoms with Crippen molar-refractivity contribution in [3.63, 3.8) is 0 Å². The number of hydrogen-bond donors (Lipinski definition) is 3. The summed E-state index contributed by atoms with van der Waals surface area (Å²) in [6.45, 7) is 1.37. The summed E-state index contributed by atoms with van der Waals surface area (Å²) in [6, 6.07) is 2.92. The van der Waals surface area contributed by atoms with E-state index >= 15 is 0 Å². The van der Waals surface area contributed by atoms with E-state index in [1.807, 2.05) is 0 Å². The van der Waals surface area contributed by atoms with Gasteiger partial charge in [-0.2, -0.15) is 0 Å². The SMILES string of the molecule is CN(C)S(=O)(=O)c1ccc(CNC(C)(CO)CO)o1. The summed E-state index contributed by atoms with van der Waals surface area (Å²) in [6.07, 6.45) is 0. The van der Waals surface area contributed by atoms with Crippen molar-refractivity contribution in [1.29, 1.82) is 0 Å². The highest BCUT2D eigenvalue weighted by molar-refractivity contribution is 7.88.